The van der Waals surface area contributed by atoms with Gasteiger partial charge in [-0.15, -0.1) is 0 Å². The first-order valence-corrected chi connectivity index (χ1v) is 8.37. The molecule has 1 aliphatic heterocycles. The van der Waals surface area contributed by atoms with Gasteiger partial charge >= 0.3 is 0 Å². The molecule has 1 N–H and O–H groups in total. The van der Waals surface area contributed by atoms with E-state index < -0.39 is 10.0 Å². The van der Waals surface area contributed by atoms with Crippen molar-refractivity contribution in [1.82, 2.24) is 0 Å². The summed E-state index contributed by atoms with van der Waals surface area (Å²) in [6.45, 7) is 0.411. The number of aliphatic hydroxyl groups is 1. The average Bonchev–Trinajstić information content (AvgIpc) is 2.54. The third-order valence-corrected chi connectivity index (χ3v) is 5.59. The number of anilines is 1. The van der Waals surface area contributed by atoms with Crippen LogP contribution < -0.4 is 4.31 Å². The summed E-state index contributed by atoms with van der Waals surface area (Å²) in [6.07, 6.45) is 1.73. The third-order valence-electron chi connectivity index (χ3n) is 3.76. The largest absolute Gasteiger partial charge is 0.392 e. The van der Waals surface area contributed by atoms with E-state index in [9.17, 15) is 8.42 Å². The van der Waals surface area contributed by atoms with Crippen molar-refractivity contribution in [3.63, 3.8) is 0 Å². The molecule has 21 heavy (non-hydrogen) atoms. The molecule has 0 spiro atoms. The monoisotopic (exact) mass is 303 g/mol. The summed E-state index contributed by atoms with van der Waals surface area (Å²) in [4.78, 5) is 0.261. The molecule has 0 amide bonds. The molecule has 0 aromatic heterocycles. The molecule has 1 heterocycles. The van der Waals surface area contributed by atoms with Gasteiger partial charge in [0, 0.05) is 6.54 Å². The Hall–Kier alpha value is -1.85. The number of aryl methyl sites for hydroxylation is 1. The van der Waals surface area contributed by atoms with E-state index in [0.717, 1.165) is 24.1 Å². The molecule has 0 unspecified atom stereocenters. The van der Waals surface area contributed by atoms with Gasteiger partial charge in [-0.05, 0) is 42.2 Å². The Morgan fingerprint density at radius 2 is 1.76 bits per heavy atom. The number of sulfonamides is 1. The molecule has 0 atom stereocenters. The second-order valence-corrected chi connectivity index (χ2v) is 6.97. The molecule has 0 aliphatic carbocycles. The van der Waals surface area contributed by atoms with Crippen molar-refractivity contribution in [1.29, 1.82) is 0 Å². The summed E-state index contributed by atoms with van der Waals surface area (Å²) < 4.78 is 27.1. The summed E-state index contributed by atoms with van der Waals surface area (Å²) in [6, 6.07) is 14.0. The van der Waals surface area contributed by atoms with Crippen LogP contribution in [0, 0.1) is 0 Å². The fourth-order valence-electron chi connectivity index (χ4n) is 2.64. The smallest absolute Gasteiger partial charge is 0.264 e. The summed E-state index contributed by atoms with van der Waals surface area (Å²) in [5.41, 5.74) is 2.54. The van der Waals surface area contributed by atoms with Gasteiger partial charge in [-0.1, -0.05) is 30.3 Å². The molecule has 2 aromatic carbocycles. The number of para-hydroxylation sites is 1. The highest BCUT2D eigenvalue weighted by Gasteiger charge is 2.28. The Kier molecular flexibility index (Phi) is 3.69. The van der Waals surface area contributed by atoms with Crippen molar-refractivity contribution in [2.45, 2.75) is 24.3 Å². The molecule has 0 saturated carbocycles. The molecule has 0 radical (unpaired) electrons. The van der Waals surface area contributed by atoms with Crippen LogP contribution in [0.15, 0.2) is 53.4 Å². The van der Waals surface area contributed by atoms with E-state index in [2.05, 4.69) is 0 Å². The van der Waals surface area contributed by atoms with E-state index in [4.69, 9.17) is 5.11 Å². The maximum Gasteiger partial charge on any atom is 0.264 e. The zero-order chi connectivity index (χ0) is 14.9. The number of benzene rings is 2. The molecule has 4 nitrogen and oxygen atoms in total. The summed E-state index contributed by atoms with van der Waals surface area (Å²) in [5.74, 6) is 0. The minimum absolute atomic E-state index is 0.0904. The molecule has 0 bridgehead atoms. The first-order valence-electron chi connectivity index (χ1n) is 6.93. The first-order chi connectivity index (χ1) is 10.1. The zero-order valence-corrected chi connectivity index (χ0v) is 12.4. The molecule has 0 fully saturated rings. The Morgan fingerprint density at radius 1 is 1.05 bits per heavy atom. The van der Waals surface area contributed by atoms with E-state index in [0.29, 0.717) is 12.1 Å². The SMILES string of the molecule is O=S(=O)(c1ccc(CO)cc1)N1CCCc2ccccc21. The minimum atomic E-state index is -3.55. The second-order valence-electron chi connectivity index (χ2n) is 5.11. The number of hydrogen-bond acceptors (Lipinski definition) is 3. The highest BCUT2D eigenvalue weighted by molar-refractivity contribution is 7.92. The minimum Gasteiger partial charge on any atom is -0.392 e. The van der Waals surface area contributed by atoms with E-state index in [1.807, 2.05) is 24.3 Å². The summed E-state index contributed by atoms with van der Waals surface area (Å²) >= 11 is 0. The van der Waals surface area contributed by atoms with Crippen LogP contribution in [0.4, 0.5) is 5.69 Å². The molecule has 1 aliphatic rings. The fraction of sp³-hybridized carbons (Fsp3) is 0.250. The standard InChI is InChI=1S/C16H17NO3S/c18-12-13-7-9-15(10-8-13)21(19,20)17-11-3-5-14-4-1-2-6-16(14)17/h1-2,4,6-10,18H,3,5,11-12H2. The lowest BCUT2D eigenvalue weighted by Gasteiger charge is -2.30. The van der Waals surface area contributed by atoms with Crippen LogP contribution in [0.3, 0.4) is 0 Å². The maximum atomic E-state index is 12.8. The van der Waals surface area contributed by atoms with Gasteiger partial charge in [-0.25, -0.2) is 8.42 Å². The lowest BCUT2D eigenvalue weighted by Crippen LogP contribution is -2.35. The molecule has 2 aromatic rings. The fourth-order valence-corrected chi connectivity index (χ4v) is 4.18. The Balaban J connectivity index is 2.02. The summed E-state index contributed by atoms with van der Waals surface area (Å²) in [5, 5.41) is 9.05. The predicted molar refractivity (Wildman–Crippen MR) is 81.7 cm³/mol. The van der Waals surface area contributed by atoms with Crippen LogP contribution in [-0.2, 0) is 23.1 Å². The molecule has 0 saturated heterocycles. The van der Waals surface area contributed by atoms with Crippen LogP contribution in [-0.4, -0.2) is 20.1 Å². The van der Waals surface area contributed by atoms with Gasteiger partial charge < -0.3 is 5.11 Å². The van der Waals surface area contributed by atoms with E-state index in [-0.39, 0.29) is 11.5 Å². The van der Waals surface area contributed by atoms with Crippen LogP contribution >= 0.6 is 0 Å². The van der Waals surface area contributed by atoms with Crippen molar-refractivity contribution < 1.29 is 13.5 Å². The third kappa shape index (κ3) is 2.54. The topological polar surface area (TPSA) is 57.6 Å². The zero-order valence-electron chi connectivity index (χ0n) is 11.6. The molecular formula is C16H17NO3S. The van der Waals surface area contributed by atoms with Crippen molar-refractivity contribution >= 4 is 15.7 Å². The Morgan fingerprint density at radius 3 is 2.48 bits per heavy atom. The average molecular weight is 303 g/mol. The number of rotatable bonds is 3. The lowest BCUT2D eigenvalue weighted by molar-refractivity contribution is 0.282. The van der Waals surface area contributed by atoms with Gasteiger partial charge in [0.2, 0.25) is 0 Å². The number of aliphatic hydroxyl groups excluding tert-OH is 1. The molecule has 5 heteroatoms. The molecule has 3 rings (SSSR count). The van der Waals surface area contributed by atoms with Gasteiger partial charge in [-0.2, -0.15) is 0 Å². The van der Waals surface area contributed by atoms with Gasteiger partial charge in [0.1, 0.15) is 0 Å². The van der Waals surface area contributed by atoms with Crippen LogP contribution in [0.1, 0.15) is 17.5 Å². The predicted octanol–water partition coefficient (Wildman–Crippen LogP) is 2.32. The van der Waals surface area contributed by atoms with Gasteiger partial charge in [0.05, 0.1) is 17.2 Å². The van der Waals surface area contributed by atoms with E-state index in [1.54, 1.807) is 24.3 Å². The highest BCUT2D eigenvalue weighted by atomic mass is 32.2. The number of nitrogens with zero attached hydrogens (tertiary/aromatic N) is 1. The normalized spacial score (nSPS) is 14.8. The number of hydrogen-bond donors (Lipinski definition) is 1. The first kappa shape index (κ1) is 14.1. The van der Waals surface area contributed by atoms with Crippen LogP contribution in [0.5, 0.6) is 0 Å². The number of fused-ring (bicyclic) bond motifs is 1. The Bertz CT molecular complexity index is 738. The molecule has 110 valence electrons. The maximum absolute atomic E-state index is 12.8. The Labute approximate surface area is 124 Å². The second kappa shape index (κ2) is 5.50. The van der Waals surface area contributed by atoms with E-state index >= 15 is 0 Å². The van der Waals surface area contributed by atoms with E-state index in [1.165, 1.54) is 4.31 Å². The van der Waals surface area contributed by atoms with Gasteiger partial charge in [-0.3, -0.25) is 4.31 Å². The summed E-state index contributed by atoms with van der Waals surface area (Å²) in [7, 11) is -3.55. The highest BCUT2D eigenvalue weighted by Crippen LogP contribution is 2.31. The lowest BCUT2D eigenvalue weighted by atomic mass is 10.0. The molecular weight excluding hydrogens is 286 g/mol. The van der Waals surface area contributed by atoms with Gasteiger partial charge in [0.25, 0.3) is 10.0 Å². The van der Waals surface area contributed by atoms with Crippen molar-refractivity contribution in [2.24, 2.45) is 0 Å². The van der Waals surface area contributed by atoms with Crippen molar-refractivity contribution in [3.05, 3.63) is 59.7 Å². The van der Waals surface area contributed by atoms with Crippen molar-refractivity contribution in [3.8, 4) is 0 Å². The quantitative estimate of drug-likeness (QED) is 0.946. The van der Waals surface area contributed by atoms with Crippen molar-refractivity contribution in [2.75, 3.05) is 10.8 Å². The van der Waals surface area contributed by atoms with Crippen LogP contribution in [0.2, 0.25) is 0 Å². The van der Waals surface area contributed by atoms with Crippen LogP contribution in [0.25, 0.3) is 0 Å². The van der Waals surface area contributed by atoms with Gasteiger partial charge in [0.15, 0.2) is 0 Å².